The van der Waals surface area contributed by atoms with Gasteiger partial charge >= 0.3 is 0 Å². The number of rotatable bonds is 7. The van der Waals surface area contributed by atoms with Crippen molar-refractivity contribution in [3.8, 4) is 5.75 Å². The summed E-state index contributed by atoms with van der Waals surface area (Å²) in [6, 6.07) is 7.46. The van der Waals surface area contributed by atoms with Crippen molar-refractivity contribution in [2.75, 3.05) is 20.2 Å². The highest BCUT2D eigenvalue weighted by Crippen LogP contribution is 2.13. The summed E-state index contributed by atoms with van der Waals surface area (Å²) in [6.45, 7) is 6.63. The lowest BCUT2D eigenvalue weighted by molar-refractivity contribution is -0.134. The molecule has 0 heterocycles. The minimum Gasteiger partial charge on any atom is -0.497 e. The molecular formula is C16H24N2O3. The number of amides is 2. The van der Waals surface area contributed by atoms with E-state index in [4.69, 9.17) is 4.74 Å². The summed E-state index contributed by atoms with van der Waals surface area (Å²) in [6.07, 6.45) is 0. The molecule has 116 valence electrons. The molecule has 0 radical (unpaired) electrons. The van der Waals surface area contributed by atoms with Gasteiger partial charge in [-0.2, -0.15) is 0 Å². The molecule has 5 heteroatoms. The molecule has 0 aliphatic rings. The minimum absolute atomic E-state index is 0.0775. The van der Waals surface area contributed by atoms with Gasteiger partial charge in [-0.05, 0) is 23.6 Å². The normalized spacial score (nSPS) is 10.3. The summed E-state index contributed by atoms with van der Waals surface area (Å²) in [5.74, 6) is 0.905. The number of nitrogens with one attached hydrogen (secondary N) is 1. The van der Waals surface area contributed by atoms with Crippen LogP contribution in [0.15, 0.2) is 24.3 Å². The molecule has 0 bridgehead atoms. The van der Waals surface area contributed by atoms with Crippen molar-refractivity contribution in [3.05, 3.63) is 29.8 Å². The number of methoxy groups -OCH3 is 1. The van der Waals surface area contributed by atoms with Gasteiger partial charge < -0.3 is 15.0 Å². The van der Waals surface area contributed by atoms with E-state index in [1.54, 1.807) is 7.11 Å². The molecule has 1 N–H and O–H groups in total. The predicted molar refractivity (Wildman–Crippen MR) is 81.9 cm³/mol. The number of nitrogens with zero attached hydrogens (tertiary/aromatic N) is 1. The van der Waals surface area contributed by atoms with Crippen LogP contribution < -0.4 is 10.1 Å². The fourth-order valence-corrected chi connectivity index (χ4v) is 1.78. The number of carbonyl (C=O) groups excluding carboxylic acids is 2. The van der Waals surface area contributed by atoms with E-state index < -0.39 is 0 Å². The van der Waals surface area contributed by atoms with Crippen LogP contribution in [-0.4, -0.2) is 36.9 Å². The summed E-state index contributed by atoms with van der Waals surface area (Å²) in [5.41, 5.74) is 0.961. The van der Waals surface area contributed by atoms with Gasteiger partial charge in [0.15, 0.2) is 0 Å². The first-order chi connectivity index (χ1) is 9.92. The number of benzene rings is 1. The molecule has 0 aromatic heterocycles. The zero-order chi connectivity index (χ0) is 15.8. The van der Waals surface area contributed by atoms with E-state index in [1.807, 2.05) is 38.1 Å². The van der Waals surface area contributed by atoms with Crippen molar-refractivity contribution in [2.45, 2.75) is 27.3 Å². The van der Waals surface area contributed by atoms with Gasteiger partial charge in [-0.15, -0.1) is 0 Å². The molecule has 0 aliphatic heterocycles. The van der Waals surface area contributed by atoms with Crippen LogP contribution in [0.1, 0.15) is 26.3 Å². The summed E-state index contributed by atoms with van der Waals surface area (Å²) in [4.78, 5) is 25.0. The first kappa shape index (κ1) is 17.0. The van der Waals surface area contributed by atoms with Crippen molar-refractivity contribution in [1.29, 1.82) is 0 Å². The summed E-state index contributed by atoms with van der Waals surface area (Å²) < 4.78 is 5.10. The van der Waals surface area contributed by atoms with E-state index >= 15 is 0 Å². The third-order valence-electron chi connectivity index (χ3n) is 3.02. The molecule has 0 atom stereocenters. The molecule has 0 fully saturated rings. The van der Waals surface area contributed by atoms with Gasteiger partial charge in [0.25, 0.3) is 0 Å². The second-order valence-electron chi connectivity index (χ2n) is 5.42. The van der Waals surface area contributed by atoms with Crippen molar-refractivity contribution in [3.63, 3.8) is 0 Å². The second kappa shape index (κ2) is 8.29. The molecule has 0 unspecified atom stereocenters. The van der Waals surface area contributed by atoms with Crippen molar-refractivity contribution < 1.29 is 14.3 Å². The third-order valence-corrected chi connectivity index (χ3v) is 3.02. The summed E-state index contributed by atoms with van der Waals surface area (Å²) >= 11 is 0. The van der Waals surface area contributed by atoms with Gasteiger partial charge in [-0.25, -0.2) is 0 Å². The van der Waals surface area contributed by atoms with Crippen LogP contribution in [0.2, 0.25) is 0 Å². The predicted octanol–water partition coefficient (Wildman–Crippen LogP) is 1.82. The Kier molecular flexibility index (Phi) is 6.72. The number of hydrogen-bond acceptors (Lipinski definition) is 3. The minimum atomic E-state index is -0.132. The van der Waals surface area contributed by atoms with Crippen LogP contribution in [0.25, 0.3) is 0 Å². The van der Waals surface area contributed by atoms with E-state index in [2.05, 4.69) is 5.32 Å². The monoisotopic (exact) mass is 292 g/mol. The average Bonchev–Trinajstić information content (AvgIpc) is 2.45. The fourth-order valence-electron chi connectivity index (χ4n) is 1.78. The van der Waals surface area contributed by atoms with Crippen LogP contribution in [-0.2, 0) is 16.1 Å². The van der Waals surface area contributed by atoms with E-state index in [0.717, 1.165) is 11.3 Å². The van der Waals surface area contributed by atoms with Crippen LogP contribution in [0.5, 0.6) is 5.75 Å². The topological polar surface area (TPSA) is 58.6 Å². The Labute approximate surface area is 126 Å². The summed E-state index contributed by atoms with van der Waals surface area (Å²) in [7, 11) is 1.61. The summed E-state index contributed by atoms with van der Waals surface area (Å²) in [5, 5.41) is 2.82. The zero-order valence-electron chi connectivity index (χ0n) is 13.2. The molecule has 0 saturated carbocycles. The maximum atomic E-state index is 11.8. The Bertz CT molecular complexity index is 469. The van der Waals surface area contributed by atoms with E-state index in [1.165, 1.54) is 11.8 Å². The van der Waals surface area contributed by atoms with Gasteiger partial charge in [0.1, 0.15) is 5.75 Å². The molecule has 0 spiro atoms. The van der Waals surface area contributed by atoms with Gasteiger partial charge in [0.2, 0.25) is 11.8 Å². The molecule has 1 aromatic carbocycles. The van der Waals surface area contributed by atoms with Crippen LogP contribution in [0.4, 0.5) is 0 Å². The highest BCUT2D eigenvalue weighted by atomic mass is 16.5. The smallest absolute Gasteiger partial charge is 0.239 e. The van der Waals surface area contributed by atoms with Crippen molar-refractivity contribution >= 4 is 11.8 Å². The SMILES string of the molecule is COc1ccc(CN(CC(=O)NCC(C)C)C(C)=O)cc1. The molecule has 21 heavy (non-hydrogen) atoms. The maximum absolute atomic E-state index is 11.8. The molecular weight excluding hydrogens is 268 g/mol. The first-order valence-electron chi connectivity index (χ1n) is 7.07. The lowest BCUT2D eigenvalue weighted by Crippen LogP contribution is -2.40. The standard InChI is InChI=1S/C16H24N2O3/c1-12(2)9-17-16(20)11-18(13(3)19)10-14-5-7-15(21-4)8-6-14/h5-8,12H,9-11H2,1-4H3,(H,17,20). The Morgan fingerprint density at radius 2 is 1.86 bits per heavy atom. The van der Waals surface area contributed by atoms with Gasteiger partial charge in [0, 0.05) is 20.0 Å². The van der Waals surface area contributed by atoms with Crippen molar-refractivity contribution in [1.82, 2.24) is 10.2 Å². The third kappa shape index (κ3) is 6.29. The van der Waals surface area contributed by atoms with Crippen LogP contribution >= 0.6 is 0 Å². The molecule has 1 aromatic rings. The Morgan fingerprint density at radius 1 is 1.24 bits per heavy atom. The highest BCUT2D eigenvalue weighted by Gasteiger charge is 2.14. The second-order valence-corrected chi connectivity index (χ2v) is 5.42. The maximum Gasteiger partial charge on any atom is 0.239 e. The molecule has 0 aliphatic carbocycles. The Balaban J connectivity index is 2.60. The van der Waals surface area contributed by atoms with E-state index in [-0.39, 0.29) is 18.4 Å². The number of ether oxygens (including phenoxy) is 1. The lowest BCUT2D eigenvalue weighted by Gasteiger charge is -2.21. The van der Waals surface area contributed by atoms with Gasteiger partial charge in [0.05, 0.1) is 13.7 Å². The largest absolute Gasteiger partial charge is 0.497 e. The lowest BCUT2D eigenvalue weighted by atomic mass is 10.2. The highest BCUT2D eigenvalue weighted by molar-refractivity contribution is 5.83. The van der Waals surface area contributed by atoms with Gasteiger partial charge in [-0.3, -0.25) is 9.59 Å². The van der Waals surface area contributed by atoms with Gasteiger partial charge in [-0.1, -0.05) is 26.0 Å². The molecule has 2 amide bonds. The number of carbonyl (C=O) groups is 2. The molecule has 0 saturated heterocycles. The first-order valence-corrected chi connectivity index (χ1v) is 7.07. The Morgan fingerprint density at radius 3 is 2.33 bits per heavy atom. The number of hydrogen-bond donors (Lipinski definition) is 1. The molecule has 5 nitrogen and oxygen atoms in total. The average molecular weight is 292 g/mol. The van der Waals surface area contributed by atoms with Crippen LogP contribution in [0, 0.1) is 5.92 Å². The van der Waals surface area contributed by atoms with Crippen LogP contribution in [0.3, 0.4) is 0 Å². The van der Waals surface area contributed by atoms with Crippen molar-refractivity contribution in [2.24, 2.45) is 5.92 Å². The fraction of sp³-hybridized carbons (Fsp3) is 0.500. The quantitative estimate of drug-likeness (QED) is 0.834. The Hall–Kier alpha value is -2.04. The zero-order valence-corrected chi connectivity index (χ0v) is 13.2. The molecule has 1 rings (SSSR count). The van der Waals surface area contributed by atoms with E-state index in [0.29, 0.717) is 19.0 Å². The van der Waals surface area contributed by atoms with E-state index in [9.17, 15) is 9.59 Å².